The van der Waals surface area contributed by atoms with E-state index in [1.807, 2.05) is 33.1 Å². The zero-order valence-corrected chi connectivity index (χ0v) is 10.3. The third-order valence-electron chi connectivity index (χ3n) is 0.905. The molecule has 0 heterocycles. The lowest BCUT2D eigenvalue weighted by Crippen LogP contribution is -1.65. The van der Waals surface area contributed by atoms with Crippen LogP contribution in [0.5, 0.6) is 0 Å². The Labute approximate surface area is 83.1 Å². The van der Waals surface area contributed by atoms with Gasteiger partial charge in [0.1, 0.15) is 0 Å². The highest BCUT2D eigenvalue weighted by Crippen LogP contribution is 2.18. The molecule has 0 saturated carbocycles. The molecule has 0 N–H and O–H groups in total. The van der Waals surface area contributed by atoms with Crippen molar-refractivity contribution < 1.29 is 0 Å². The van der Waals surface area contributed by atoms with Crippen LogP contribution in [-0.4, -0.2) is 0 Å². The van der Waals surface area contributed by atoms with Gasteiger partial charge in [-0.05, 0) is 23.7 Å². The first-order valence-corrected chi connectivity index (χ1v) is 5.65. The molecule has 1 heteroatoms. The molecule has 0 nitrogen and oxygen atoms in total. The van der Waals surface area contributed by atoms with Crippen molar-refractivity contribution in [1.82, 2.24) is 0 Å². The standard InChI is InChI=1S/C7H12S.2C2H6/c1-4-7(5-2)8-6-3;2*1-2/h4,6H,3,5H2,1-2H3;2*1-2H3/b7-4-;;. The summed E-state index contributed by atoms with van der Waals surface area (Å²) in [7, 11) is 0. The lowest BCUT2D eigenvalue weighted by atomic mass is 10.4. The second-order valence-electron chi connectivity index (χ2n) is 1.39. The quantitative estimate of drug-likeness (QED) is 0.584. The van der Waals surface area contributed by atoms with E-state index in [2.05, 4.69) is 26.5 Å². The largest absolute Gasteiger partial charge is 0.104 e. The summed E-state index contributed by atoms with van der Waals surface area (Å²) in [6, 6.07) is 0. The van der Waals surface area contributed by atoms with Crippen molar-refractivity contribution in [3.05, 3.63) is 23.0 Å². The topological polar surface area (TPSA) is 0 Å². The number of rotatable bonds is 3. The van der Waals surface area contributed by atoms with Gasteiger partial charge in [-0.25, -0.2) is 0 Å². The number of hydrogen-bond acceptors (Lipinski definition) is 1. The summed E-state index contributed by atoms with van der Waals surface area (Å²) in [6.07, 6.45) is 3.24. The van der Waals surface area contributed by atoms with Gasteiger partial charge < -0.3 is 0 Å². The number of hydrogen-bond donors (Lipinski definition) is 0. The minimum absolute atomic E-state index is 1.12. The first-order valence-electron chi connectivity index (χ1n) is 4.77. The van der Waals surface area contributed by atoms with Gasteiger partial charge in [-0.3, -0.25) is 0 Å². The Bertz CT molecular complexity index is 93.2. The van der Waals surface area contributed by atoms with E-state index in [-0.39, 0.29) is 0 Å². The van der Waals surface area contributed by atoms with Crippen LogP contribution < -0.4 is 0 Å². The normalized spacial score (nSPS) is 8.67. The Morgan fingerprint density at radius 2 is 1.67 bits per heavy atom. The predicted molar refractivity (Wildman–Crippen MR) is 64.5 cm³/mol. The molecule has 0 aromatic rings. The van der Waals surface area contributed by atoms with Crippen molar-refractivity contribution in [2.45, 2.75) is 48.0 Å². The maximum atomic E-state index is 3.62. The first kappa shape index (κ1) is 17.8. The second kappa shape index (κ2) is 22.4. The van der Waals surface area contributed by atoms with E-state index < -0.39 is 0 Å². The number of allylic oxidation sites excluding steroid dienone is 2. The van der Waals surface area contributed by atoms with Gasteiger partial charge in [0.05, 0.1) is 0 Å². The van der Waals surface area contributed by atoms with Gasteiger partial charge >= 0.3 is 0 Å². The van der Waals surface area contributed by atoms with Gasteiger partial charge in [0, 0.05) is 0 Å². The van der Waals surface area contributed by atoms with Crippen LogP contribution in [0.4, 0.5) is 0 Å². The molecule has 74 valence electrons. The molecule has 0 aromatic heterocycles. The molecular formula is C11H24S. The highest BCUT2D eigenvalue weighted by molar-refractivity contribution is 8.05. The monoisotopic (exact) mass is 188 g/mol. The molecule has 0 aromatic carbocycles. The summed E-state index contributed by atoms with van der Waals surface area (Å²) in [4.78, 5) is 1.39. The molecule has 0 aliphatic carbocycles. The molecule has 0 aliphatic rings. The van der Waals surface area contributed by atoms with E-state index in [9.17, 15) is 0 Å². The molecule has 0 amide bonds. The van der Waals surface area contributed by atoms with Gasteiger partial charge in [-0.15, -0.1) is 11.8 Å². The zero-order chi connectivity index (χ0) is 10.4. The molecule has 0 atom stereocenters. The molecule has 0 radical (unpaired) electrons. The smallest absolute Gasteiger partial charge is 0.0154 e. The van der Waals surface area contributed by atoms with Crippen molar-refractivity contribution in [3.8, 4) is 0 Å². The van der Waals surface area contributed by atoms with E-state index in [1.165, 1.54) is 4.91 Å². The minimum Gasteiger partial charge on any atom is -0.104 e. The predicted octanol–water partition coefficient (Wildman–Crippen LogP) is 5.23. The summed E-state index contributed by atoms with van der Waals surface area (Å²) in [5.74, 6) is 0. The second-order valence-corrected chi connectivity index (χ2v) is 2.49. The third-order valence-corrected chi connectivity index (χ3v) is 1.90. The van der Waals surface area contributed by atoms with Crippen LogP contribution in [0, 0.1) is 0 Å². The van der Waals surface area contributed by atoms with Crippen LogP contribution >= 0.6 is 11.8 Å². The van der Waals surface area contributed by atoms with Gasteiger partial charge in [-0.2, -0.15) is 0 Å². The Morgan fingerprint density at radius 1 is 1.25 bits per heavy atom. The maximum absolute atomic E-state index is 3.62. The summed E-state index contributed by atoms with van der Waals surface area (Å²) in [5.41, 5.74) is 0. The summed E-state index contributed by atoms with van der Waals surface area (Å²) in [6.45, 7) is 15.8. The number of thioether (sulfide) groups is 1. The molecule has 0 saturated heterocycles. The molecule has 0 rings (SSSR count). The van der Waals surface area contributed by atoms with Crippen molar-refractivity contribution >= 4 is 11.8 Å². The SMILES string of the molecule is C=CS/C(=C\C)CC.CC.CC. The molecule has 0 fully saturated rings. The highest BCUT2D eigenvalue weighted by Gasteiger charge is 1.85. The van der Waals surface area contributed by atoms with E-state index in [0.29, 0.717) is 0 Å². The molecule has 0 aliphatic heterocycles. The highest BCUT2D eigenvalue weighted by atomic mass is 32.2. The first-order chi connectivity index (χ1) is 5.85. The van der Waals surface area contributed by atoms with Crippen LogP contribution in [0.25, 0.3) is 0 Å². The minimum atomic E-state index is 1.12. The van der Waals surface area contributed by atoms with Crippen LogP contribution in [0.2, 0.25) is 0 Å². The van der Waals surface area contributed by atoms with Crippen molar-refractivity contribution in [3.63, 3.8) is 0 Å². The zero-order valence-electron chi connectivity index (χ0n) is 9.48. The van der Waals surface area contributed by atoms with Crippen molar-refractivity contribution in [2.75, 3.05) is 0 Å². The van der Waals surface area contributed by atoms with Gasteiger partial charge in [0.25, 0.3) is 0 Å². The Morgan fingerprint density at radius 3 is 1.75 bits per heavy atom. The molecule has 12 heavy (non-hydrogen) atoms. The van der Waals surface area contributed by atoms with Crippen LogP contribution in [0.1, 0.15) is 48.0 Å². The van der Waals surface area contributed by atoms with Gasteiger partial charge in [0.15, 0.2) is 0 Å². The van der Waals surface area contributed by atoms with Gasteiger partial charge in [-0.1, -0.05) is 47.3 Å². The maximum Gasteiger partial charge on any atom is -0.0154 e. The average Bonchev–Trinajstić information content (AvgIpc) is 2.20. The van der Waals surface area contributed by atoms with Gasteiger partial charge in [0.2, 0.25) is 0 Å². The van der Waals surface area contributed by atoms with E-state index >= 15 is 0 Å². The molecular weight excluding hydrogens is 164 g/mol. The summed E-state index contributed by atoms with van der Waals surface area (Å²) >= 11 is 1.70. The summed E-state index contributed by atoms with van der Waals surface area (Å²) < 4.78 is 0. The van der Waals surface area contributed by atoms with E-state index in [1.54, 1.807) is 11.8 Å². The Kier molecular flexibility index (Phi) is 33.3. The molecule has 0 bridgehead atoms. The lowest BCUT2D eigenvalue weighted by molar-refractivity contribution is 1.19. The fourth-order valence-corrected chi connectivity index (χ4v) is 0.979. The Balaban J connectivity index is -0.000000175. The lowest BCUT2D eigenvalue weighted by Gasteiger charge is -1.94. The van der Waals surface area contributed by atoms with Crippen LogP contribution in [0.3, 0.4) is 0 Å². The van der Waals surface area contributed by atoms with Crippen LogP contribution in [-0.2, 0) is 0 Å². The fourth-order valence-electron chi connectivity index (χ4n) is 0.463. The van der Waals surface area contributed by atoms with Crippen molar-refractivity contribution in [2.24, 2.45) is 0 Å². The average molecular weight is 188 g/mol. The van der Waals surface area contributed by atoms with Crippen LogP contribution in [0.15, 0.2) is 23.0 Å². The molecule has 0 unspecified atom stereocenters. The summed E-state index contributed by atoms with van der Waals surface area (Å²) in [5, 5.41) is 1.86. The van der Waals surface area contributed by atoms with E-state index in [0.717, 1.165) is 6.42 Å². The third kappa shape index (κ3) is 16.4. The fraction of sp³-hybridized carbons (Fsp3) is 0.636. The van der Waals surface area contributed by atoms with E-state index in [4.69, 9.17) is 0 Å². The van der Waals surface area contributed by atoms with Crippen molar-refractivity contribution in [1.29, 1.82) is 0 Å². The Hall–Kier alpha value is -0.170. The molecule has 0 spiro atoms.